The maximum absolute atomic E-state index is 12.5. The number of hydrogen-bond donors (Lipinski definition) is 1. The normalized spacial score (nSPS) is 26.0. The molecular weight excluding hydrogens is 242 g/mol. The third kappa shape index (κ3) is 3.27. The standard InChI is InChI=1S/C14H27N3O2/c1-12-15-14(6-4-5-7-14)13(18)17(12)9-11-19-10-8-16(2)3/h12,15H,4-11H2,1-3H3. The number of carbonyl (C=O) groups excluding carboxylic acids is 1. The highest BCUT2D eigenvalue weighted by atomic mass is 16.5. The summed E-state index contributed by atoms with van der Waals surface area (Å²) in [7, 11) is 4.06. The summed E-state index contributed by atoms with van der Waals surface area (Å²) in [6, 6.07) is 0. The van der Waals surface area contributed by atoms with Crippen molar-refractivity contribution in [1.82, 2.24) is 15.1 Å². The number of amides is 1. The van der Waals surface area contributed by atoms with E-state index in [1.807, 2.05) is 19.0 Å². The fourth-order valence-corrected chi connectivity index (χ4v) is 3.13. The van der Waals surface area contributed by atoms with Crippen molar-refractivity contribution in [3.8, 4) is 0 Å². The second-order valence-electron chi connectivity index (χ2n) is 6.02. The first-order valence-corrected chi connectivity index (χ1v) is 7.36. The van der Waals surface area contributed by atoms with Gasteiger partial charge in [-0.2, -0.15) is 0 Å². The van der Waals surface area contributed by atoms with Crippen molar-refractivity contribution in [1.29, 1.82) is 0 Å². The van der Waals surface area contributed by atoms with Crippen molar-refractivity contribution in [3.05, 3.63) is 0 Å². The van der Waals surface area contributed by atoms with E-state index in [1.165, 1.54) is 12.8 Å². The van der Waals surface area contributed by atoms with Crippen LogP contribution in [0, 0.1) is 0 Å². The van der Waals surface area contributed by atoms with Crippen molar-refractivity contribution in [2.24, 2.45) is 0 Å². The molecule has 1 aliphatic heterocycles. The van der Waals surface area contributed by atoms with Crippen molar-refractivity contribution in [2.45, 2.75) is 44.3 Å². The number of ether oxygens (including phenoxy) is 1. The van der Waals surface area contributed by atoms with Gasteiger partial charge in [0.2, 0.25) is 5.91 Å². The van der Waals surface area contributed by atoms with Gasteiger partial charge in [-0.1, -0.05) is 12.8 Å². The summed E-state index contributed by atoms with van der Waals surface area (Å²) in [5.74, 6) is 0.286. The second-order valence-corrected chi connectivity index (χ2v) is 6.02. The van der Waals surface area contributed by atoms with E-state index in [4.69, 9.17) is 4.74 Å². The Morgan fingerprint density at radius 2 is 2.05 bits per heavy atom. The van der Waals surface area contributed by atoms with Crippen LogP contribution in [0.5, 0.6) is 0 Å². The van der Waals surface area contributed by atoms with E-state index in [-0.39, 0.29) is 17.6 Å². The molecule has 0 radical (unpaired) electrons. The highest BCUT2D eigenvalue weighted by Crippen LogP contribution is 2.36. The SMILES string of the molecule is CC1NC2(CCCC2)C(=O)N1CCOCCN(C)C. The van der Waals surface area contributed by atoms with Crippen LogP contribution >= 0.6 is 0 Å². The zero-order valence-corrected chi connectivity index (χ0v) is 12.4. The topological polar surface area (TPSA) is 44.8 Å². The number of likely N-dealkylation sites (N-methyl/N-ethyl adjacent to an activating group) is 1. The Bertz CT molecular complexity index is 314. The lowest BCUT2D eigenvalue weighted by molar-refractivity contribution is -0.133. The largest absolute Gasteiger partial charge is 0.378 e. The smallest absolute Gasteiger partial charge is 0.244 e. The first-order valence-electron chi connectivity index (χ1n) is 7.36. The summed E-state index contributed by atoms with van der Waals surface area (Å²) in [4.78, 5) is 16.6. The quantitative estimate of drug-likeness (QED) is 0.719. The Balaban J connectivity index is 1.76. The molecule has 2 fully saturated rings. The van der Waals surface area contributed by atoms with Gasteiger partial charge in [0.1, 0.15) is 0 Å². The molecule has 1 unspecified atom stereocenters. The molecule has 1 saturated heterocycles. The van der Waals surface area contributed by atoms with Gasteiger partial charge >= 0.3 is 0 Å². The van der Waals surface area contributed by atoms with Crippen LogP contribution in [0.4, 0.5) is 0 Å². The maximum atomic E-state index is 12.5. The van der Waals surface area contributed by atoms with Crippen LogP contribution in [0.3, 0.4) is 0 Å². The first-order chi connectivity index (χ1) is 9.05. The zero-order chi connectivity index (χ0) is 13.9. The minimum absolute atomic E-state index is 0.142. The minimum atomic E-state index is -0.247. The van der Waals surface area contributed by atoms with Crippen molar-refractivity contribution < 1.29 is 9.53 Å². The Kier molecular flexibility index (Phi) is 4.81. The molecule has 2 rings (SSSR count). The van der Waals surface area contributed by atoms with E-state index >= 15 is 0 Å². The second kappa shape index (κ2) is 6.20. The monoisotopic (exact) mass is 269 g/mol. The molecule has 1 spiro atoms. The molecule has 1 atom stereocenters. The van der Waals surface area contributed by atoms with E-state index in [2.05, 4.69) is 17.1 Å². The van der Waals surface area contributed by atoms with Gasteiger partial charge in [0.05, 0.1) is 24.9 Å². The fourth-order valence-electron chi connectivity index (χ4n) is 3.13. The Morgan fingerprint density at radius 3 is 2.68 bits per heavy atom. The van der Waals surface area contributed by atoms with Crippen LogP contribution in [-0.2, 0) is 9.53 Å². The van der Waals surface area contributed by atoms with Gasteiger partial charge in [-0.25, -0.2) is 0 Å². The number of hydrogen-bond acceptors (Lipinski definition) is 4. The molecule has 1 N–H and O–H groups in total. The highest BCUT2D eigenvalue weighted by Gasteiger charge is 2.50. The molecule has 19 heavy (non-hydrogen) atoms. The van der Waals surface area contributed by atoms with Gasteiger partial charge in [-0.15, -0.1) is 0 Å². The maximum Gasteiger partial charge on any atom is 0.244 e. The summed E-state index contributed by atoms with van der Waals surface area (Å²) in [6.07, 6.45) is 4.46. The van der Waals surface area contributed by atoms with Crippen LogP contribution in [0.2, 0.25) is 0 Å². The van der Waals surface area contributed by atoms with Crippen LogP contribution in [0.15, 0.2) is 0 Å². The third-order valence-corrected chi connectivity index (χ3v) is 4.24. The van der Waals surface area contributed by atoms with E-state index in [1.54, 1.807) is 0 Å². The molecule has 1 saturated carbocycles. The lowest BCUT2D eigenvalue weighted by Crippen LogP contribution is -2.44. The van der Waals surface area contributed by atoms with Crippen LogP contribution in [0.25, 0.3) is 0 Å². The molecule has 110 valence electrons. The van der Waals surface area contributed by atoms with Crippen molar-refractivity contribution in [2.75, 3.05) is 40.4 Å². The molecular formula is C14H27N3O2. The zero-order valence-electron chi connectivity index (χ0n) is 12.4. The first kappa shape index (κ1) is 14.8. The number of nitrogens with one attached hydrogen (secondary N) is 1. The molecule has 0 aromatic carbocycles. The molecule has 0 aromatic rings. The Hall–Kier alpha value is -0.650. The summed E-state index contributed by atoms with van der Waals surface area (Å²) in [5, 5.41) is 3.50. The predicted octanol–water partition coefficient (Wildman–Crippen LogP) is 0.655. The molecule has 5 nitrogen and oxygen atoms in total. The summed E-state index contributed by atoms with van der Waals surface area (Å²) in [6.45, 7) is 5.04. The van der Waals surface area contributed by atoms with Crippen molar-refractivity contribution >= 4 is 5.91 Å². The van der Waals surface area contributed by atoms with Gasteiger partial charge in [0, 0.05) is 13.1 Å². The molecule has 5 heteroatoms. The van der Waals surface area contributed by atoms with Crippen molar-refractivity contribution in [3.63, 3.8) is 0 Å². The van der Waals surface area contributed by atoms with Gasteiger partial charge in [0.25, 0.3) is 0 Å². The van der Waals surface area contributed by atoms with Gasteiger partial charge in [-0.3, -0.25) is 10.1 Å². The van der Waals surface area contributed by atoms with Gasteiger partial charge < -0.3 is 14.5 Å². The molecule has 1 aliphatic carbocycles. The predicted molar refractivity (Wildman–Crippen MR) is 74.9 cm³/mol. The summed E-state index contributed by atoms with van der Waals surface area (Å²) < 4.78 is 5.59. The number of carbonyl (C=O) groups is 1. The Labute approximate surface area is 116 Å². The average molecular weight is 269 g/mol. The highest BCUT2D eigenvalue weighted by molar-refractivity contribution is 5.89. The molecule has 0 aromatic heterocycles. The average Bonchev–Trinajstić information content (AvgIpc) is 2.89. The van der Waals surface area contributed by atoms with Gasteiger partial charge in [-0.05, 0) is 33.9 Å². The Morgan fingerprint density at radius 1 is 1.37 bits per heavy atom. The molecule has 0 bridgehead atoms. The molecule has 2 aliphatic rings. The number of nitrogens with zero attached hydrogens (tertiary/aromatic N) is 2. The molecule has 1 heterocycles. The third-order valence-electron chi connectivity index (χ3n) is 4.24. The minimum Gasteiger partial charge on any atom is -0.378 e. The van der Waals surface area contributed by atoms with Crippen LogP contribution < -0.4 is 5.32 Å². The summed E-state index contributed by atoms with van der Waals surface area (Å²) >= 11 is 0. The van der Waals surface area contributed by atoms with Gasteiger partial charge in [0.15, 0.2) is 0 Å². The fraction of sp³-hybridized carbons (Fsp3) is 0.929. The summed E-state index contributed by atoms with van der Waals surface area (Å²) in [5.41, 5.74) is -0.247. The van der Waals surface area contributed by atoms with E-state index in [9.17, 15) is 4.79 Å². The van der Waals surface area contributed by atoms with Crippen LogP contribution in [-0.4, -0.2) is 67.8 Å². The lowest BCUT2D eigenvalue weighted by Gasteiger charge is -2.22. The van der Waals surface area contributed by atoms with Crippen LogP contribution in [0.1, 0.15) is 32.6 Å². The van der Waals surface area contributed by atoms with E-state index < -0.39 is 0 Å². The van der Waals surface area contributed by atoms with E-state index in [0.717, 1.165) is 26.0 Å². The lowest BCUT2D eigenvalue weighted by atomic mass is 9.98. The number of rotatable bonds is 6. The van der Waals surface area contributed by atoms with E-state index in [0.29, 0.717) is 13.2 Å². The molecule has 1 amide bonds.